The van der Waals surface area contributed by atoms with Gasteiger partial charge in [0.2, 0.25) is 0 Å². The van der Waals surface area contributed by atoms with Gasteiger partial charge in [0.15, 0.2) is 0 Å². The van der Waals surface area contributed by atoms with Gasteiger partial charge in [-0.05, 0) is 7.05 Å². The third kappa shape index (κ3) is 1.52. The molecule has 8 heavy (non-hydrogen) atoms. The molecule has 0 spiro atoms. The van der Waals surface area contributed by atoms with Crippen molar-refractivity contribution in [1.82, 2.24) is 20.5 Å². The summed E-state index contributed by atoms with van der Waals surface area (Å²) >= 11 is 0. The van der Waals surface area contributed by atoms with Gasteiger partial charge in [0.1, 0.15) is 0 Å². The first kappa shape index (κ1) is 6.16. The molecule has 42 valence electrons. The van der Waals surface area contributed by atoms with Crippen LogP contribution in [-0.2, 0) is 0 Å². The summed E-state index contributed by atoms with van der Waals surface area (Å²) in [5.41, 5.74) is 3.01. The van der Waals surface area contributed by atoms with E-state index in [9.17, 15) is 0 Å². The van der Waals surface area contributed by atoms with Gasteiger partial charge in [0, 0.05) is 0 Å². The highest BCUT2D eigenvalue weighted by Gasteiger charge is 2.09. The Morgan fingerprint density at radius 2 is 2.00 bits per heavy atom. The Hall–Kier alpha value is 0.0348. The summed E-state index contributed by atoms with van der Waals surface area (Å²) < 4.78 is 0. The van der Waals surface area contributed by atoms with E-state index < -0.39 is 0 Å². The highest BCUT2D eigenvalue weighted by atomic mass is 15.4. The molecule has 1 rings (SSSR count). The van der Waals surface area contributed by atoms with Crippen molar-refractivity contribution in [3.63, 3.8) is 0 Å². The van der Waals surface area contributed by atoms with E-state index in [0.717, 1.165) is 22.6 Å². The molecule has 1 saturated heterocycles. The van der Waals surface area contributed by atoms with Crippen molar-refractivity contribution in [1.29, 1.82) is 0 Å². The Morgan fingerprint density at radius 3 is 2.38 bits per heavy atom. The third-order valence-corrected chi connectivity index (χ3v) is 1.17. The largest absolute Gasteiger partial charge is 0.377 e. The summed E-state index contributed by atoms with van der Waals surface area (Å²) in [6.45, 7) is 0. The fraction of sp³-hybridized carbons (Fsp3) is 1.00. The first-order valence-corrected chi connectivity index (χ1v) is 2.77. The lowest BCUT2D eigenvalue weighted by Gasteiger charge is -2.23. The predicted octanol–water partition coefficient (Wildman–Crippen LogP) is -3.58. The van der Waals surface area contributed by atoms with Crippen LogP contribution in [0.1, 0.15) is 0 Å². The summed E-state index contributed by atoms with van der Waals surface area (Å²) in [5, 5.41) is 6.28. The summed E-state index contributed by atoms with van der Waals surface area (Å²) in [6.07, 6.45) is 0. The Morgan fingerprint density at radius 1 is 1.38 bits per heavy atom. The van der Waals surface area contributed by atoms with Crippen molar-refractivity contribution < 1.29 is 0 Å². The molecule has 0 aromatic carbocycles. The van der Waals surface area contributed by atoms with E-state index in [4.69, 9.17) is 0 Å². The van der Waals surface area contributed by atoms with Crippen molar-refractivity contribution in [2.24, 2.45) is 0 Å². The summed E-state index contributed by atoms with van der Waals surface area (Å²) in [5.74, 6) is 0. The molecule has 0 saturated carbocycles. The molecule has 0 aromatic heterocycles. The zero-order valence-electron chi connectivity index (χ0n) is 5.07. The van der Waals surface area contributed by atoms with Crippen LogP contribution in [0.5, 0.6) is 0 Å². The van der Waals surface area contributed by atoms with Crippen molar-refractivity contribution in [2.75, 3.05) is 7.05 Å². The fourth-order valence-electron chi connectivity index (χ4n) is 0.684. The Balaban J connectivity index is 2.13. The standard InChI is InChI=1S/CH9B3N4/c1-5-8-3-6-2-7-4-8/h2-7H,1H3. The zero-order valence-corrected chi connectivity index (χ0v) is 5.07. The minimum atomic E-state index is 0.915. The van der Waals surface area contributed by atoms with Gasteiger partial charge < -0.3 is 10.3 Å². The van der Waals surface area contributed by atoms with Crippen molar-refractivity contribution >= 4 is 22.6 Å². The first-order valence-electron chi connectivity index (χ1n) is 2.77. The van der Waals surface area contributed by atoms with Gasteiger partial charge in [-0.2, -0.15) is 0 Å². The minimum Gasteiger partial charge on any atom is -0.377 e. The van der Waals surface area contributed by atoms with Crippen molar-refractivity contribution in [2.45, 2.75) is 0 Å². The van der Waals surface area contributed by atoms with Gasteiger partial charge >= 0.3 is 0 Å². The maximum atomic E-state index is 3.14. The highest BCUT2D eigenvalue weighted by molar-refractivity contribution is 6.65. The normalized spacial score (nSPS) is 20.6. The second kappa shape index (κ2) is 3.14. The average Bonchev–Trinajstić information content (AvgIpc) is 1.90. The van der Waals surface area contributed by atoms with Crippen LogP contribution in [0.4, 0.5) is 0 Å². The van der Waals surface area contributed by atoms with Crippen LogP contribution in [0.3, 0.4) is 0 Å². The molecule has 7 heteroatoms. The molecule has 0 amide bonds. The number of hydrogen-bond acceptors (Lipinski definition) is 4. The topological polar surface area (TPSA) is 39.3 Å². The molecule has 0 aliphatic carbocycles. The molecule has 0 bridgehead atoms. The Labute approximate surface area is 51.2 Å². The lowest BCUT2D eigenvalue weighted by molar-refractivity contribution is 0.540. The van der Waals surface area contributed by atoms with E-state index in [-0.39, 0.29) is 0 Å². The minimum absolute atomic E-state index is 0.915. The number of nitrogens with zero attached hydrogens (tertiary/aromatic N) is 1. The molecule has 4 nitrogen and oxygen atoms in total. The quantitative estimate of drug-likeness (QED) is 0.305. The predicted molar refractivity (Wildman–Crippen MR) is 38.6 cm³/mol. The Bertz CT molecular complexity index is 62.3. The van der Waals surface area contributed by atoms with E-state index in [0.29, 0.717) is 0 Å². The molecule has 1 aliphatic rings. The highest BCUT2D eigenvalue weighted by Crippen LogP contribution is 1.69. The van der Waals surface area contributed by atoms with E-state index >= 15 is 0 Å². The zero-order chi connectivity index (χ0) is 5.82. The molecule has 0 unspecified atom stereocenters. The second-order valence-corrected chi connectivity index (χ2v) is 1.76. The second-order valence-electron chi connectivity index (χ2n) is 1.76. The molecule has 1 heterocycles. The van der Waals surface area contributed by atoms with Crippen LogP contribution in [0.15, 0.2) is 0 Å². The third-order valence-electron chi connectivity index (χ3n) is 1.17. The van der Waals surface area contributed by atoms with Gasteiger partial charge in [0.05, 0.1) is 0 Å². The summed E-state index contributed by atoms with van der Waals surface area (Å²) in [4.78, 5) is 2.05. The van der Waals surface area contributed by atoms with Gasteiger partial charge in [-0.1, -0.05) is 0 Å². The molecule has 0 atom stereocenters. The molecular weight excluding hydrogens is 100 g/mol. The average molecular weight is 110 g/mol. The van der Waals surface area contributed by atoms with E-state index in [1.807, 2.05) is 11.9 Å². The van der Waals surface area contributed by atoms with Gasteiger partial charge in [0.25, 0.3) is 22.6 Å². The maximum Gasteiger partial charge on any atom is 0.281 e. The van der Waals surface area contributed by atoms with Gasteiger partial charge in [-0.25, -0.2) is 0 Å². The first-order chi connectivity index (χ1) is 3.93. The molecule has 1 aliphatic heterocycles. The Kier molecular flexibility index (Phi) is 2.42. The van der Waals surface area contributed by atoms with Gasteiger partial charge in [-0.15, -0.1) is 0 Å². The fourth-order valence-corrected chi connectivity index (χ4v) is 0.684. The number of hydrazine groups is 1. The summed E-state index contributed by atoms with van der Waals surface area (Å²) in [7, 11) is 4.67. The van der Waals surface area contributed by atoms with Gasteiger partial charge in [-0.3, -0.25) is 10.3 Å². The van der Waals surface area contributed by atoms with Crippen LogP contribution in [0.2, 0.25) is 0 Å². The SMILES string of the molecule is CNN1BNBNB1. The lowest BCUT2D eigenvalue weighted by atomic mass is 9.83. The smallest absolute Gasteiger partial charge is 0.281 e. The van der Waals surface area contributed by atoms with Crippen molar-refractivity contribution in [3.05, 3.63) is 0 Å². The van der Waals surface area contributed by atoms with E-state index in [1.165, 1.54) is 0 Å². The molecule has 0 aromatic rings. The number of hydrogen-bond donors (Lipinski definition) is 3. The number of nitrogens with one attached hydrogen (secondary N) is 3. The lowest BCUT2D eigenvalue weighted by Crippen LogP contribution is -2.61. The van der Waals surface area contributed by atoms with Crippen molar-refractivity contribution in [3.8, 4) is 0 Å². The van der Waals surface area contributed by atoms with Crippen LogP contribution in [-0.4, -0.2) is 34.5 Å². The van der Waals surface area contributed by atoms with Crippen LogP contribution >= 0.6 is 0 Å². The summed E-state index contributed by atoms with van der Waals surface area (Å²) in [6, 6.07) is 0. The van der Waals surface area contributed by atoms with Crippen LogP contribution in [0.25, 0.3) is 0 Å². The molecule has 1 fully saturated rings. The number of rotatable bonds is 1. The van der Waals surface area contributed by atoms with E-state index in [1.54, 1.807) is 0 Å². The van der Waals surface area contributed by atoms with E-state index in [2.05, 4.69) is 15.7 Å². The molecule has 0 radical (unpaired) electrons. The van der Waals surface area contributed by atoms with Crippen LogP contribution in [0, 0.1) is 0 Å². The molecular formula is CH9B3N4. The molecule has 3 N–H and O–H groups in total. The van der Waals surface area contributed by atoms with Crippen LogP contribution < -0.4 is 15.7 Å². The maximum absolute atomic E-state index is 3.14. The monoisotopic (exact) mass is 110 g/mol.